The quantitative estimate of drug-likeness (QED) is 0.301. The summed E-state index contributed by atoms with van der Waals surface area (Å²) in [5, 5.41) is 11.5. The molecule has 6 atom stereocenters. The highest BCUT2D eigenvalue weighted by Gasteiger charge is 2.48. The van der Waals surface area contributed by atoms with Crippen molar-refractivity contribution in [2.75, 3.05) is 32.8 Å². The molecule has 2 aliphatic heterocycles. The van der Waals surface area contributed by atoms with Crippen molar-refractivity contribution >= 4 is 17.6 Å². The summed E-state index contributed by atoms with van der Waals surface area (Å²) in [6.45, 7) is 4.53. The van der Waals surface area contributed by atoms with E-state index >= 15 is 0 Å². The van der Waals surface area contributed by atoms with Crippen molar-refractivity contribution in [3.05, 3.63) is 0 Å². The molecule has 0 aromatic carbocycles. The predicted octanol–water partition coefficient (Wildman–Crippen LogP) is 1.83. The Hall–Kier alpha value is -1.71. The molecule has 0 bridgehead atoms. The van der Waals surface area contributed by atoms with Crippen LogP contribution in [0.5, 0.6) is 0 Å². The van der Waals surface area contributed by atoms with Crippen molar-refractivity contribution in [3.63, 3.8) is 0 Å². The van der Waals surface area contributed by atoms with E-state index in [4.69, 9.17) is 21.6 Å². The molecule has 0 aromatic rings. The van der Waals surface area contributed by atoms with Crippen LogP contribution in [0.2, 0.25) is 0 Å². The highest BCUT2D eigenvalue weighted by Crippen LogP contribution is 2.43. The van der Waals surface area contributed by atoms with E-state index < -0.39 is 0 Å². The molecular weight excluding hydrogens is 468 g/mol. The fourth-order valence-corrected chi connectivity index (χ4v) is 8.14. The van der Waals surface area contributed by atoms with Gasteiger partial charge in [0.15, 0.2) is 0 Å². The van der Waals surface area contributed by atoms with Crippen molar-refractivity contribution < 1.29 is 14.3 Å². The number of nitrogens with zero attached hydrogens (tertiary/aromatic N) is 2. The van der Waals surface area contributed by atoms with E-state index in [0.29, 0.717) is 29.8 Å². The number of fused-ring (bicyclic) bond motifs is 1. The summed E-state index contributed by atoms with van der Waals surface area (Å²) in [6.07, 6.45) is 12.0. The molecule has 3 aliphatic carbocycles. The maximum Gasteiger partial charge on any atom is 0.237 e. The second-order valence-electron chi connectivity index (χ2n) is 12.5. The number of rotatable bonds is 7. The number of nitrogens with one attached hydrogen (secondary N) is 2. The largest absolute Gasteiger partial charge is 0.387 e. The normalized spacial score (nSPS) is 39.6. The lowest BCUT2D eigenvalue weighted by atomic mass is 9.77. The van der Waals surface area contributed by atoms with Crippen LogP contribution in [0.25, 0.3) is 0 Å². The summed E-state index contributed by atoms with van der Waals surface area (Å²) in [7, 11) is 0. The minimum atomic E-state index is -0.170. The SMILES string of the molecule is N=C(N)C1CCC2CC(C(=O)NC3CCCC(N4CCOCC4)C3)N(CC3CCC(C(N)=O)CC3)C2C1. The van der Waals surface area contributed by atoms with Gasteiger partial charge >= 0.3 is 0 Å². The van der Waals surface area contributed by atoms with Crippen LogP contribution in [-0.2, 0) is 14.3 Å². The van der Waals surface area contributed by atoms with E-state index in [2.05, 4.69) is 15.1 Å². The van der Waals surface area contributed by atoms with E-state index in [1.807, 2.05) is 0 Å². The van der Waals surface area contributed by atoms with Crippen molar-refractivity contribution in [2.45, 2.75) is 101 Å². The standard InChI is InChI=1S/C28H48N6O3/c29-26(30)21-9-8-20-14-25(34(24(20)15-21)17-18-4-6-19(7-5-18)27(31)35)28(36)32-22-2-1-3-23(16-22)33-10-12-37-13-11-33/h18-25H,1-17H2,(H3,29,30)(H2,31,35)(H,32,36). The van der Waals surface area contributed by atoms with Gasteiger partial charge in [0.05, 0.1) is 25.1 Å². The lowest BCUT2D eigenvalue weighted by molar-refractivity contribution is -0.127. The van der Waals surface area contributed by atoms with Crippen LogP contribution in [0, 0.1) is 29.1 Å². The Morgan fingerprint density at radius 3 is 2.32 bits per heavy atom. The summed E-state index contributed by atoms with van der Waals surface area (Å²) >= 11 is 0. The van der Waals surface area contributed by atoms with E-state index in [0.717, 1.165) is 103 Å². The number of likely N-dealkylation sites (tertiary alicyclic amines) is 1. The first-order chi connectivity index (χ1) is 17.9. The molecule has 9 nitrogen and oxygen atoms in total. The average Bonchev–Trinajstić information content (AvgIpc) is 3.27. The molecule has 5 fully saturated rings. The number of nitrogens with two attached hydrogens (primary N) is 2. The predicted molar refractivity (Wildman–Crippen MR) is 143 cm³/mol. The number of ether oxygens (including phenoxy) is 1. The molecule has 208 valence electrons. The zero-order chi connectivity index (χ0) is 25.9. The van der Waals surface area contributed by atoms with Crippen LogP contribution in [-0.4, -0.2) is 84.5 Å². The molecule has 0 spiro atoms. The highest BCUT2D eigenvalue weighted by molar-refractivity contribution is 5.83. The van der Waals surface area contributed by atoms with E-state index in [1.165, 1.54) is 6.42 Å². The van der Waals surface area contributed by atoms with Crippen molar-refractivity contribution in [3.8, 4) is 0 Å². The summed E-state index contributed by atoms with van der Waals surface area (Å²) in [4.78, 5) is 30.6. The molecule has 5 aliphatic rings. The Labute approximate surface area is 221 Å². The van der Waals surface area contributed by atoms with Crippen molar-refractivity contribution in [1.29, 1.82) is 5.41 Å². The molecule has 37 heavy (non-hydrogen) atoms. The monoisotopic (exact) mass is 516 g/mol. The van der Waals surface area contributed by atoms with Crippen molar-refractivity contribution in [2.24, 2.45) is 35.1 Å². The van der Waals surface area contributed by atoms with Crippen LogP contribution in [0.15, 0.2) is 0 Å². The van der Waals surface area contributed by atoms with Gasteiger partial charge in [0.2, 0.25) is 11.8 Å². The third kappa shape index (κ3) is 6.31. The van der Waals surface area contributed by atoms with Gasteiger partial charge in [-0.1, -0.05) is 0 Å². The van der Waals surface area contributed by atoms with Crippen LogP contribution in [0.3, 0.4) is 0 Å². The lowest BCUT2D eigenvalue weighted by Gasteiger charge is -2.41. The van der Waals surface area contributed by atoms with Crippen LogP contribution >= 0.6 is 0 Å². The van der Waals surface area contributed by atoms with Crippen LogP contribution in [0.4, 0.5) is 0 Å². The second-order valence-corrected chi connectivity index (χ2v) is 12.5. The van der Waals surface area contributed by atoms with Crippen LogP contribution in [0.1, 0.15) is 77.0 Å². The fourth-order valence-electron chi connectivity index (χ4n) is 8.14. The topological polar surface area (TPSA) is 138 Å². The third-order valence-electron chi connectivity index (χ3n) is 10.3. The number of primary amides is 1. The van der Waals surface area contributed by atoms with Crippen molar-refractivity contribution in [1.82, 2.24) is 15.1 Å². The number of amides is 2. The Balaban J connectivity index is 1.24. The summed E-state index contributed by atoms with van der Waals surface area (Å²) in [6, 6.07) is 1.01. The smallest absolute Gasteiger partial charge is 0.237 e. The van der Waals surface area contributed by atoms with Gasteiger partial charge in [-0.25, -0.2) is 0 Å². The summed E-state index contributed by atoms with van der Waals surface area (Å²) in [5.74, 6) is 1.45. The van der Waals surface area contributed by atoms with E-state index in [1.54, 1.807) is 0 Å². The number of carbonyl (C=O) groups excluding carboxylic acids is 2. The first-order valence-corrected chi connectivity index (χ1v) is 14.9. The number of carbonyl (C=O) groups is 2. The van der Waals surface area contributed by atoms with Gasteiger partial charge in [0.1, 0.15) is 0 Å². The Bertz CT molecular complexity index is 825. The number of hydrogen-bond donors (Lipinski definition) is 4. The van der Waals surface area contributed by atoms with Gasteiger partial charge in [0, 0.05) is 49.6 Å². The third-order valence-corrected chi connectivity index (χ3v) is 10.3. The minimum Gasteiger partial charge on any atom is -0.387 e. The average molecular weight is 517 g/mol. The second kappa shape index (κ2) is 12.0. The summed E-state index contributed by atoms with van der Waals surface area (Å²) < 4.78 is 5.55. The lowest BCUT2D eigenvalue weighted by Crippen LogP contribution is -2.54. The Morgan fingerprint density at radius 2 is 1.62 bits per heavy atom. The van der Waals surface area contributed by atoms with Gasteiger partial charge in [-0.15, -0.1) is 0 Å². The van der Waals surface area contributed by atoms with Gasteiger partial charge in [-0.2, -0.15) is 0 Å². The Kier molecular flexibility index (Phi) is 8.71. The van der Waals surface area contributed by atoms with Gasteiger partial charge in [-0.3, -0.25) is 24.8 Å². The molecular formula is C28H48N6O3. The molecule has 2 saturated heterocycles. The number of hydrogen-bond acceptors (Lipinski definition) is 6. The maximum absolute atomic E-state index is 13.8. The Morgan fingerprint density at radius 1 is 0.892 bits per heavy atom. The maximum atomic E-state index is 13.8. The molecule has 6 unspecified atom stereocenters. The number of amidine groups is 1. The van der Waals surface area contributed by atoms with E-state index in [-0.39, 0.29) is 35.7 Å². The first-order valence-electron chi connectivity index (χ1n) is 14.9. The molecule has 0 aromatic heterocycles. The molecule has 6 N–H and O–H groups in total. The van der Waals surface area contributed by atoms with Crippen LogP contribution < -0.4 is 16.8 Å². The van der Waals surface area contributed by atoms with Gasteiger partial charge in [0.25, 0.3) is 0 Å². The zero-order valence-corrected chi connectivity index (χ0v) is 22.4. The molecule has 3 saturated carbocycles. The first kappa shape index (κ1) is 26.9. The number of morpholine rings is 1. The van der Waals surface area contributed by atoms with E-state index in [9.17, 15) is 9.59 Å². The molecule has 5 rings (SSSR count). The fraction of sp³-hybridized carbons (Fsp3) is 0.893. The highest BCUT2D eigenvalue weighted by atomic mass is 16.5. The molecule has 0 radical (unpaired) electrons. The molecule has 9 heteroatoms. The van der Waals surface area contributed by atoms with Gasteiger partial charge in [-0.05, 0) is 88.9 Å². The molecule has 2 heterocycles. The van der Waals surface area contributed by atoms with Gasteiger partial charge < -0.3 is 21.5 Å². The summed E-state index contributed by atoms with van der Waals surface area (Å²) in [5.41, 5.74) is 11.5. The zero-order valence-electron chi connectivity index (χ0n) is 22.4. The minimum absolute atomic E-state index is 0.00385. The molecule has 2 amide bonds.